The normalized spacial score (nSPS) is 11.8. The predicted molar refractivity (Wildman–Crippen MR) is 197 cm³/mol. The lowest BCUT2D eigenvalue weighted by molar-refractivity contribution is -0.141. The fourth-order valence-electron chi connectivity index (χ4n) is 4.68. The van der Waals surface area contributed by atoms with Gasteiger partial charge in [-0.3, -0.25) is 0 Å². The van der Waals surface area contributed by atoms with Crippen molar-refractivity contribution in [3.63, 3.8) is 0 Å². The van der Waals surface area contributed by atoms with E-state index in [1.54, 1.807) is 55.9 Å². The quantitative estimate of drug-likeness (QED) is 0.0912. The number of halogens is 6. The van der Waals surface area contributed by atoms with Gasteiger partial charge in [0.05, 0.1) is 29.7 Å². The van der Waals surface area contributed by atoms with Crippen LogP contribution in [0.2, 0.25) is 0 Å². The number of hydrogen-bond acceptors (Lipinski definition) is 12. The van der Waals surface area contributed by atoms with Crippen molar-refractivity contribution < 1.29 is 36.2 Å². The van der Waals surface area contributed by atoms with Crippen molar-refractivity contribution in [1.82, 2.24) is 29.9 Å². The standard InChI is InChI=1S/2C18H15F3N4OS/c1-11-7-12(14-10-23-16(27-14)4-6-26-2)9-13(8-11)24-17-22-5-3-15(25-17)18(19,20)21;1-11-7-12(14-10-23-16(27-14)3-2-6-26)9-13(8-11)24-17-22-5-4-15(25-17)18(19,20)21/h3-10H,1-2H3,(H,22,24,25);2-5,7-10,26H,6H2,1H3,(H,22,24,25)/b6-4+;3-2-. The number of rotatable bonds is 10. The summed E-state index contributed by atoms with van der Waals surface area (Å²) in [6.45, 7) is 3.72. The zero-order valence-corrected chi connectivity index (χ0v) is 30.2. The number of thiazole rings is 2. The molecule has 2 aromatic carbocycles. The molecule has 0 amide bonds. The lowest BCUT2D eigenvalue weighted by Crippen LogP contribution is -2.10. The third-order valence-electron chi connectivity index (χ3n) is 6.89. The predicted octanol–water partition coefficient (Wildman–Crippen LogP) is 9.96. The van der Waals surface area contributed by atoms with E-state index in [4.69, 9.17) is 9.84 Å². The van der Waals surface area contributed by atoms with E-state index in [9.17, 15) is 26.3 Å². The lowest BCUT2D eigenvalue weighted by atomic mass is 10.1. The summed E-state index contributed by atoms with van der Waals surface area (Å²) >= 11 is 2.91. The van der Waals surface area contributed by atoms with Crippen LogP contribution in [0.15, 0.2) is 85.7 Å². The first-order valence-electron chi connectivity index (χ1n) is 15.7. The summed E-state index contributed by atoms with van der Waals surface area (Å²) in [4.78, 5) is 25.1. The number of aliphatic hydroxyl groups is 1. The van der Waals surface area contributed by atoms with E-state index >= 15 is 0 Å². The average Bonchev–Trinajstić information content (AvgIpc) is 3.80. The molecule has 280 valence electrons. The molecule has 0 spiro atoms. The summed E-state index contributed by atoms with van der Waals surface area (Å²) in [5, 5.41) is 16.0. The van der Waals surface area contributed by atoms with Gasteiger partial charge in [0, 0.05) is 42.2 Å². The number of hydrogen-bond donors (Lipinski definition) is 3. The Bertz CT molecular complexity index is 2100. The number of alkyl halides is 6. The Morgan fingerprint density at radius 1 is 0.685 bits per heavy atom. The molecule has 6 rings (SSSR count). The van der Waals surface area contributed by atoms with Crippen molar-refractivity contribution in [2.24, 2.45) is 0 Å². The average molecular weight is 785 g/mol. The van der Waals surface area contributed by atoms with E-state index in [0.717, 1.165) is 66.5 Å². The molecule has 54 heavy (non-hydrogen) atoms. The van der Waals surface area contributed by atoms with Crippen LogP contribution in [0.25, 0.3) is 33.0 Å². The second-order valence-electron chi connectivity index (χ2n) is 11.2. The number of nitrogens with zero attached hydrogens (tertiary/aromatic N) is 6. The van der Waals surface area contributed by atoms with Crippen LogP contribution in [0.4, 0.5) is 49.6 Å². The Kier molecular flexibility index (Phi) is 12.7. The molecule has 0 fully saturated rings. The van der Waals surface area contributed by atoms with Gasteiger partial charge in [-0.2, -0.15) is 26.3 Å². The SMILES string of the molecule is CO/C=C/c1ncc(-c2cc(C)cc(Nc3nccc(C(F)(F)F)n3)c2)s1.Cc1cc(Nc2nccc(C(F)(F)F)n2)cc(-c2cnc(/C=C\CO)s2)c1. The molecule has 18 heteroatoms. The minimum Gasteiger partial charge on any atom is -0.504 e. The third-order valence-corrected chi connectivity index (χ3v) is 8.91. The summed E-state index contributed by atoms with van der Waals surface area (Å²) in [6.07, 6.45) is 3.14. The van der Waals surface area contributed by atoms with Gasteiger partial charge in [-0.15, -0.1) is 22.7 Å². The van der Waals surface area contributed by atoms with Gasteiger partial charge in [0.15, 0.2) is 0 Å². The van der Waals surface area contributed by atoms with Gasteiger partial charge in [-0.1, -0.05) is 18.2 Å². The summed E-state index contributed by atoms with van der Waals surface area (Å²) in [5.41, 5.74) is 2.77. The number of anilines is 4. The second-order valence-corrected chi connectivity index (χ2v) is 13.3. The van der Waals surface area contributed by atoms with Crippen LogP contribution in [0.5, 0.6) is 0 Å². The molecule has 4 aromatic heterocycles. The molecule has 10 nitrogen and oxygen atoms in total. The molecule has 0 aliphatic carbocycles. The second kappa shape index (κ2) is 17.4. The van der Waals surface area contributed by atoms with Crippen LogP contribution in [0.1, 0.15) is 32.5 Å². The number of benzene rings is 2. The zero-order chi connectivity index (χ0) is 38.9. The maximum absolute atomic E-state index is 12.8. The summed E-state index contributed by atoms with van der Waals surface area (Å²) in [5.74, 6) is -0.244. The van der Waals surface area contributed by atoms with Gasteiger partial charge in [-0.25, -0.2) is 29.9 Å². The van der Waals surface area contributed by atoms with Crippen LogP contribution >= 0.6 is 22.7 Å². The minimum atomic E-state index is -4.53. The highest BCUT2D eigenvalue weighted by Gasteiger charge is 2.33. The van der Waals surface area contributed by atoms with Gasteiger partial charge in [0.25, 0.3) is 0 Å². The Morgan fingerprint density at radius 2 is 1.15 bits per heavy atom. The van der Waals surface area contributed by atoms with Crippen molar-refractivity contribution >= 4 is 58.1 Å². The Morgan fingerprint density at radius 3 is 1.57 bits per heavy atom. The number of aryl methyl sites for hydroxylation is 2. The van der Waals surface area contributed by atoms with Gasteiger partial charge in [0.1, 0.15) is 21.4 Å². The monoisotopic (exact) mass is 784 g/mol. The Labute approximate surface area is 313 Å². The molecule has 0 atom stereocenters. The van der Waals surface area contributed by atoms with Crippen LogP contribution in [0, 0.1) is 13.8 Å². The number of ether oxygens (including phenoxy) is 1. The van der Waals surface area contributed by atoms with Gasteiger partial charge in [0.2, 0.25) is 11.9 Å². The summed E-state index contributed by atoms with van der Waals surface area (Å²) < 4.78 is 81.7. The minimum absolute atomic E-state index is 0.0651. The highest BCUT2D eigenvalue weighted by molar-refractivity contribution is 7.16. The maximum atomic E-state index is 12.8. The molecule has 0 radical (unpaired) electrons. The zero-order valence-electron chi connectivity index (χ0n) is 28.6. The van der Waals surface area contributed by atoms with E-state index in [1.807, 2.05) is 32.0 Å². The fourth-order valence-corrected chi connectivity index (χ4v) is 6.31. The van der Waals surface area contributed by atoms with Gasteiger partial charge < -0.3 is 20.5 Å². The Hall–Kier alpha value is -5.72. The first-order chi connectivity index (χ1) is 25.7. The number of aromatic nitrogens is 6. The van der Waals surface area contributed by atoms with E-state index in [-0.39, 0.29) is 18.5 Å². The summed E-state index contributed by atoms with van der Waals surface area (Å²) in [7, 11) is 1.55. The maximum Gasteiger partial charge on any atom is 0.433 e. The number of aliphatic hydroxyl groups excluding tert-OH is 1. The van der Waals surface area contributed by atoms with Crippen LogP contribution < -0.4 is 10.6 Å². The summed E-state index contributed by atoms with van der Waals surface area (Å²) in [6, 6.07) is 12.8. The van der Waals surface area contributed by atoms with Crippen LogP contribution in [0.3, 0.4) is 0 Å². The van der Waals surface area contributed by atoms with Crippen molar-refractivity contribution in [2.45, 2.75) is 26.2 Å². The smallest absolute Gasteiger partial charge is 0.433 e. The molecule has 4 heterocycles. The number of nitrogens with one attached hydrogen (secondary N) is 2. The third kappa shape index (κ3) is 11.1. The van der Waals surface area contributed by atoms with Crippen LogP contribution in [-0.2, 0) is 17.1 Å². The van der Waals surface area contributed by atoms with E-state index in [1.165, 1.54) is 28.9 Å². The highest BCUT2D eigenvalue weighted by Crippen LogP contribution is 2.33. The first kappa shape index (κ1) is 39.5. The topological polar surface area (TPSA) is 131 Å². The largest absolute Gasteiger partial charge is 0.504 e. The molecular formula is C36H30F6N8O2S2. The van der Waals surface area contributed by atoms with Gasteiger partial charge in [-0.05, 0) is 78.6 Å². The molecule has 3 N–H and O–H groups in total. The highest BCUT2D eigenvalue weighted by atomic mass is 32.1. The van der Waals surface area contributed by atoms with Crippen LogP contribution in [-0.4, -0.2) is 48.7 Å². The van der Waals surface area contributed by atoms with Gasteiger partial charge >= 0.3 is 12.4 Å². The van der Waals surface area contributed by atoms with E-state index in [0.29, 0.717) is 11.4 Å². The molecule has 0 unspecified atom stereocenters. The van der Waals surface area contributed by atoms with E-state index < -0.39 is 23.7 Å². The molecule has 0 bridgehead atoms. The van der Waals surface area contributed by atoms with Crippen molar-refractivity contribution in [3.8, 4) is 20.9 Å². The first-order valence-corrected chi connectivity index (χ1v) is 17.3. The molecule has 0 aliphatic heterocycles. The van der Waals surface area contributed by atoms with Crippen molar-refractivity contribution in [1.29, 1.82) is 0 Å². The molecular weight excluding hydrogens is 755 g/mol. The van der Waals surface area contributed by atoms with E-state index in [2.05, 4.69) is 40.5 Å². The van der Waals surface area contributed by atoms with Crippen molar-refractivity contribution in [3.05, 3.63) is 118 Å². The fraction of sp³-hybridized carbons (Fsp3) is 0.167. The molecule has 0 saturated carbocycles. The number of methoxy groups -OCH3 is 1. The Balaban J connectivity index is 0.000000208. The molecule has 0 saturated heterocycles. The molecule has 6 aromatic rings. The van der Waals surface area contributed by atoms with Crippen molar-refractivity contribution in [2.75, 3.05) is 24.4 Å². The molecule has 0 aliphatic rings. The lowest BCUT2D eigenvalue weighted by Gasteiger charge is -2.10.